The van der Waals surface area contributed by atoms with Crippen LogP contribution in [0, 0.1) is 0 Å². The summed E-state index contributed by atoms with van der Waals surface area (Å²) in [6, 6.07) is 12.4. The largest absolute Gasteiger partial charge is 0.497 e. The fourth-order valence-electron chi connectivity index (χ4n) is 3.18. The Morgan fingerprint density at radius 1 is 1.12 bits per heavy atom. The van der Waals surface area contributed by atoms with E-state index in [0.717, 1.165) is 24.3 Å². The van der Waals surface area contributed by atoms with Crippen LogP contribution in [0.1, 0.15) is 23.9 Å². The molecule has 0 fully saturated rings. The summed E-state index contributed by atoms with van der Waals surface area (Å²) in [5.74, 6) is 1.66. The van der Waals surface area contributed by atoms with Gasteiger partial charge in [0.25, 0.3) is 0 Å². The first-order chi connectivity index (χ1) is 11.5. The van der Waals surface area contributed by atoms with Crippen molar-refractivity contribution in [2.45, 2.75) is 31.5 Å². The van der Waals surface area contributed by atoms with Crippen LogP contribution in [0.2, 0.25) is 13.1 Å². The van der Waals surface area contributed by atoms with Crippen LogP contribution in [0.3, 0.4) is 0 Å². The zero-order chi connectivity index (χ0) is 17.6. The predicted octanol–water partition coefficient (Wildman–Crippen LogP) is 4.30. The molecule has 1 heterocycles. The van der Waals surface area contributed by atoms with Gasteiger partial charge in [-0.25, -0.2) is 0 Å². The Morgan fingerprint density at radius 2 is 1.79 bits per heavy atom. The second-order valence-electron chi connectivity index (χ2n) is 6.50. The molecular weight excluding hydrogens is 314 g/mol. The molecule has 24 heavy (non-hydrogen) atoms. The topological polar surface area (TPSA) is 31.4 Å². The van der Waals surface area contributed by atoms with E-state index in [1.54, 1.807) is 14.2 Å². The van der Waals surface area contributed by atoms with Crippen molar-refractivity contribution in [3.05, 3.63) is 60.8 Å². The third-order valence-corrected chi connectivity index (χ3v) is 8.61. The lowest BCUT2D eigenvalue weighted by atomic mass is 10.1. The van der Waals surface area contributed by atoms with Gasteiger partial charge in [-0.3, -0.25) is 4.98 Å². The Bertz CT molecular complexity index is 648. The van der Waals surface area contributed by atoms with E-state index in [4.69, 9.17) is 9.47 Å². The zero-order valence-corrected chi connectivity index (χ0v) is 16.1. The Balaban J connectivity index is 2.50. The molecule has 0 aliphatic rings. The fourth-order valence-corrected chi connectivity index (χ4v) is 6.36. The van der Waals surface area contributed by atoms with Crippen LogP contribution in [0.15, 0.2) is 55.3 Å². The van der Waals surface area contributed by atoms with E-state index in [-0.39, 0.29) is 0 Å². The second kappa shape index (κ2) is 8.15. The maximum Gasteiger partial charge on any atom is 0.122 e. The number of ether oxygens (including phenoxy) is 2. The van der Waals surface area contributed by atoms with E-state index in [0.29, 0.717) is 5.54 Å². The third kappa shape index (κ3) is 4.06. The van der Waals surface area contributed by atoms with Crippen LogP contribution in [-0.2, 0) is 0 Å². The average molecular weight is 342 g/mol. The van der Waals surface area contributed by atoms with Gasteiger partial charge in [-0.05, 0) is 48.2 Å². The normalized spacial score (nSPS) is 12.5. The maximum atomic E-state index is 5.47. The quantitative estimate of drug-likeness (QED) is 0.530. The molecule has 0 saturated carbocycles. The maximum absolute atomic E-state index is 5.47. The molecule has 0 radical (unpaired) electrons. The molecule has 0 amide bonds. The van der Waals surface area contributed by atoms with Crippen molar-refractivity contribution in [1.29, 1.82) is 0 Å². The first-order valence-corrected chi connectivity index (χ1v) is 11.4. The van der Waals surface area contributed by atoms with Crippen LogP contribution in [-0.4, -0.2) is 27.3 Å². The van der Waals surface area contributed by atoms with Gasteiger partial charge in [0, 0.05) is 17.6 Å². The number of methoxy groups -OCH3 is 2. The minimum absolute atomic E-state index is 0.411. The van der Waals surface area contributed by atoms with Crippen LogP contribution in [0.4, 0.5) is 0 Å². The van der Waals surface area contributed by atoms with Gasteiger partial charge in [-0.15, -0.1) is 6.58 Å². The van der Waals surface area contributed by atoms with Crippen molar-refractivity contribution in [3.63, 3.8) is 0 Å². The van der Waals surface area contributed by atoms with E-state index >= 15 is 0 Å². The smallest absolute Gasteiger partial charge is 0.122 e. The first kappa shape index (κ1) is 18.3. The highest BCUT2D eigenvalue weighted by molar-refractivity contribution is 6.90. The molecule has 1 aromatic carbocycles. The first-order valence-electron chi connectivity index (χ1n) is 8.28. The molecule has 3 nitrogen and oxygen atoms in total. The average Bonchev–Trinajstić information content (AvgIpc) is 2.62. The number of rotatable bonds is 8. The van der Waals surface area contributed by atoms with Crippen molar-refractivity contribution in [1.82, 2.24) is 4.98 Å². The van der Waals surface area contributed by atoms with Gasteiger partial charge in [-0.1, -0.05) is 25.2 Å². The number of hydrogen-bond donors (Lipinski definition) is 0. The summed E-state index contributed by atoms with van der Waals surface area (Å²) in [5, 5.41) is 1.22. The molecule has 0 bridgehead atoms. The lowest BCUT2D eigenvalue weighted by Crippen LogP contribution is -2.49. The van der Waals surface area contributed by atoms with E-state index in [9.17, 15) is 0 Å². The molecule has 1 unspecified atom stereocenters. The fraction of sp³-hybridized carbons (Fsp3) is 0.350. The molecule has 0 N–H and O–H groups in total. The van der Waals surface area contributed by atoms with E-state index in [1.165, 1.54) is 10.9 Å². The summed E-state index contributed by atoms with van der Waals surface area (Å²) in [5.41, 5.74) is 1.67. The van der Waals surface area contributed by atoms with Crippen molar-refractivity contribution in [2.24, 2.45) is 0 Å². The van der Waals surface area contributed by atoms with Crippen molar-refractivity contribution < 1.29 is 9.47 Å². The highest BCUT2D eigenvalue weighted by atomic mass is 28.3. The second-order valence-corrected chi connectivity index (χ2v) is 11.2. The van der Waals surface area contributed by atoms with Crippen LogP contribution < -0.4 is 14.8 Å². The molecule has 1 atom stereocenters. The summed E-state index contributed by atoms with van der Waals surface area (Å²) >= 11 is 0. The highest BCUT2D eigenvalue weighted by Gasteiger charge is 2.36. The summed E-state index contributed by atoms with van der Waals surface area (Å²) < 4.78 is 10.9. The lowest BCUT2D eigenvalue weighted by molar-refractivity contribution is 0.393. The molecular formula is C20H27NO2Si. The van der Waals surface area contributed by atoms with Gasteiger partial charge in [0.15, 0.2) is 0 Å². The number of hydrogen-bond acceptors (Lipinski definition) is 3. The molecule has 0 spiro atoms. The standard InChI is InChI=1S/C20H27NO2Si/c1-6-7-10-19(24(4,5)20-11-8-9-12-21-20)16-13-17(22-2)15-18(14-16)23-3/h6,8-9,11-15,19H,1,7,10H2,2-5H3. The Kier molecular flexibility index (Phi) is 6.21. The zero-order valence-electron chi connectivity index (χ0n) is 15.1. The highest BCUT2D eigenvalue weighted by Crippen LogP contribution is 2.35. The Labute approximate surface area is 146 Å². The minimum Gasteiger partial charge on any atom is -0.497 e. The Morgan fingerprint density at radius 3 is 2.29 bits per heavy atom. The van der Waals surface area contributed by atoms with Crippen molar-refractivity contribution >= 4 is 13.4 Å². The SMILES string of the molecule is C=CCCC(c1cc(OC)cc(OC)c1)[Si](C)(C)c1ccccn1. The Hall–Kier alpha value is -2.07. The molecule has 2 rings (SSSR count). The van der Waals surface area contributed by atoms with Gasteiger partial charge < -0.3 is 9.47 Å². The van der Waals surface area contributed by atoms with Crippen LogP contribution in [0.25, 0.3) is 0 Å². The van der Waals surface area contributed by atoms with Crippen molar-refractivity contribution in [3.8, 4) is 11.5 Å². The molecule has 1 aromatic heterocycles. The predicted molar refractivity (Wildman–Crippen MR) is 103 cm³/mol. The van der Waals surface area contributed by atoms with Crippen LogP contribution in [0.5, 0.6) is 11.5 Å². The third-order valence-electron chi connectivity index (χ3n) is 4.63. The molecule has 0 aliphatic carbocycles. The van der Waals surface area contributed by atoms with Crippen molar-refractivity contribution in [2.75, 3.05) is 14.2 Å². The molecule has 0 saturated heterocycles. The molecule has 4 heteroatoms. The van der Waals surface area contributed by atoms with E-state index in [2.05, 4.69) is 48.9 Å². The summed E-state index contributed by atoms with van der Waals surface area (Å²) in [4.78, 5) is 4.66. The number of pyridine rings is 1. The van der Waals surface area contributed by atoms with Gasteiger partial charge >= 0.3 is 0 Å². The monoisotopic (exact) mass is 341 g/mol. The number of allylic oxidation sites excluding steroid dienone is 1. The molecule has 0 aliphatic heterocycles. The summed E-state index contributed by atoms with van der Waals surface area (Å²) in [6.07, 6.45) is 5.91. The van der Waals surface area contributed by atoms with Gasteiger partial charge in [0.1, 0.15) is 19.6 Å². The molecule has 128 valence electrons. The number of aromatic nitrogens is 1. The van der Waals surface area contributed by atoms with E-state index < -0.39 is 8.07 Å². The molecule has 2 aromatic rings. The van der Waals surface area contributed by atoms with Gasteiger partial charge in [0.2, 0.25) is 0 Å². The number of nitrogens with zero attached hydrogens (tertiary/aromatic N) is 1. The lowest BCUT2D eigenvalue weighted by Gasteiger charge is -2.33. The number of benzene rings is 1. The van der Waals surface area contributed by atoms with Gasteiger partial charge in [0.05, 0.1) is 14.2 Å². The summed E-state index contributed by atoms with van der Waals surface area (Å²) in [7, 11) is 1.56. The minimum atomic E-state index is -1.83. The summed E-state index contributed by atoms with van der Waals surface area (Å²) in [6.45, 7) is 8.67. The van der Waals surface area contributed by atoms with E-state index in [1.807, 2.05) is 24.4 Å². The van der Waals surface area contributed by atoms with Crippen LogP contribution >= 0.6 is 0 Å². The van der Waals surface area contributed by atoms with Gasteiger partial charge in [-0.2, -0.15) is 0 Å².